The molecular formula is C12H18O2. The molecule has 0 bridgehead atoms. The first-order valence-electron chi connectivity index (χ1n) is 4.89. The second-order valence-corrected chi connectivity index (χ2v) is 4.42. The van der Waals surface area contributed by atoms with E-state index in [2.05, 4.69) is 26.8 Å². The topological polar surface area (TPSA) is 26.3 Å². The van der Waals surface area contributed by atoms with Crippen molar-refractivity contribution in [2.75, 3.05) is 7.11 Å². The molecule has 0 amide bonds. The van der Waals surface area contributed by atoms with E-state index in [-0.39, 0.29) is 11.4 Å². The minimum absolute atomic E-state index is 0.133. The van der Waals surface area contributed by atoms with Gasteiger partial charge >= 0.3 is 5.97 Å². The predicted octanol–water partition coefficient (Wildman–Crippen LogP) is 2.71. The van der Waals surface area contributed by atoms with Crippen LogP contribution in [0.5, 0.6) is 0 Å². The monoisotopic (exact) mass is 194 g/mol. The molecule has 78 valence electrons. The van der Waals surface area contributed by atoms with Crippen LogP contribution in [0.3, 0.4) is 0 Å². The van der Waals surface area contributed by atoms with E-state index in [4.69, 9.17) is 4.74 Å². The van der Waals surface area contributed by atoms with Gasteiger partial charge in [0.25, 0.3) is 0 Å². The molecule has 0 aromatic heterocycles. The van der Waals surface area contributed by atoms with Crippen molar-refractivity contribution in [3.05, 3.63) is 23.3 Å². The number of hydrogen-bond acceptors (Lipinski definition) is 2. The highest BCUT2D eigenvalue weighted by atomic mass is 16.5. The van der Waals surface area contributed by atoms with Crippen molar-refractivity contribution < 1.29 is 9.53 Å². The second-order valence-electron chi connectivity index (χ2n) is 4.42. The van der Waals surface area contributed by atoms with Crippen LogP contribution in [0.1, 0.15) is 27.7 Å². The maximum atomic E-state index is 11.6. The molecular weight excluding hydrogens is 176 g/mol. The van der Waals surface area contributed by atoms with Gasteiger partial charge in [-0.1, -0.05) is 32.9 Å². The average molecular weight is 194 g/mol. The Labute approximate surface area is 85.6 Å². The summed E-state index contributed by atoms with van der Waals surface area (Å²) in [6.45, 7) is 8.23. The van der Waals surface area contributed by atoms with E-state index in [0.717, 1.165) is 11.1 Å². The van der Waals surface area contributed by atoms with E-state index >= 15 is 0 Å². The highest BCUT2D eigenvalue weighted by Gasteiger charge is 2.36. The van der Waals surface area contributed by atoms with Crippen LogP contribution >= 0.6 is 0 Å². The summed E-state index contributed by atoms with van der Waals surface area (Å²) in [5, 5.41) is 0. The first-order valence-corrected chi connectivity index (χ1v) is 4.89. The number of rotatable bonds is 1. The summed E-state index contributed by atoms with van der Waals surface area (Å²) < 4.78 is 4.81. The Bertz CT molecular complexity index is 308. The van der Waals surface area contributed by atoms with Crippen molar-refractivity contribution in [1.29, 1.82) is 0 Å². The normalized spacial score (nSPS) is 25.1. The summed E-state index contributed by atoms with van der Waals surface area (Å²) in [5.74, 6) is 0.156. The maximum absolute atomic E-state index is 11.6. The van der Waals surface area contributed by atoms with Crippen molar-refractivity contribution in [3.8, 4) is 0 Å². The minimum atomic E-state index is -0.205. The van der Waals surface area contributed by atoms with Crippen LogP contribution in [-0.4, -0.2) is 13.1 Å². The highest BCUT2D eigenvalue weighted by Crippen LogP contribution is 2.41. The molecule has 14 heavy (non-hydrogen) atoms. The Morgan fingerprint density at radius 1 is 1.50 bits per heavy atom. The number of methoxy groups -OCH3 is 1. The van der Waals surface area contributed by atoms with E-state index in [1.807, 2.05) is 13.0 Å². The van der Waals surface area contributed by atoms with Crippen molar-refractivity contribution in [1.82, 2.24) is 0 Å². The number of esters is 1. The van der Waals surface area contributed by atoms with Crippen LogP contribution < -0.4 is 0 Å². The fourth-order valence-corrected chi connectivity index (χ4v) is 1.87. The lowest BCUT2D eigenvalue weighted by atomic mass is 9.69. The van der Waals surface area contributed by atoms with Crippen LogP contribution in [-0.2, 0) is 9.53 Å². The number of carbonyl (C=O) groups excluding carboxylic acids is 1. The molecule has 0 saturated carbocycles. The zero-order chi connectivity index (χ0) is 10.9. The first-order chi connectivity index (χ1) is 6.41. The van der Waals surface area contributed by atoms with Gasteiger partial charge < -0.3 is 4.74 Å². The summed E-state index contributed by atoms with van der Waals surface area (Å²) in [4.78, 5) is 11.6. The fourth-order valence-electron chi connectivity index (χ4n) is 1.87. The van der Waals surface area contributed by atoms with Gasteiger partial charge in [0, 0.05) is 11.0 Å². The Balaban J connectivity index is 3.20. The van der Waals surface area contributed by atoms with Crippen molar-refractivity contribution in [2.45, 2.75) is 27.7 Å². The SMILES string of the molecule is COC(=O)C1=C(C)C=C[C@H](C)C1(C)C. The molecule has 0 aliphatic heterocycles. The number of ether oxygens (including phenoxy) is 1. The smallest absolute Gasteiger partial charge is 0.334 e. The van der Waals surface area contributed by atoms with Gasteiger partial charge in [-0.15, -0.1) is 0 Å². The quantitative estimate of drug-likeness (QED) is 0.600. The van der Waals surface area contributed by atoms with Crippen LogP contribution in [0.15, 0.2) is 23.3 Å². The van der Waals surface area contributed by atoms with Crippen molar-refractivity contribution in [2.24, 2.45) is 11.3 Å². The molecule has 2 nitrogen and oxygen atoms in total. The van der Waals surface area contributed by atoms with Gasteiger partial charge in [0.2, 0.25) is 0 Å². The van der Waals surface area contributed by atoms with Crippen LogP contribution in [0.25, 0.3) is 0 Å². The van der Waals surface area contributed by atoms with Gasteiger partial charge in [0.05, 0.1) is 7.11 Å². The summed E-state index contributed by atoms with van der Waals surface area (Å²) >= 11 is 0. The Morgan fingerprint density at radius 3 is 2.57 bits per heavy atom. The first kappa shape index (κ1) is 11.0. The molecule has 1 atom stereocenters. The standard InChI is InChI=1S/C12H18O2/c1-8-6-7-9(2)12(3,4)10(8)11(13)14-5/h6-7,9H,1-5H3/t9-/m0/s1. The van der Waals surface area contributed by atoms with Crippen LogP contribution in [0, 0.1) is 11.3 Å². The minimum Gasteiger partial charge on any atom is -0.466 e. The molecule has 0 aromatic carbocycles. The van der Waals surface area contributed by atoms with Crippen LogP contribution in [0.2, 0.25) is 0 Å². The third-order valence-electron chi connectivity index (χ3n) is 3.20. The Morgan fingerprint density at radius 2 is 2.07 bits per heavy atom. The van der Waals surface area contributed by atoms with Gasteiger partial charge in [-0.25, -0.2) is 4.79 Å². The largest absolute Gasteiger partial charge is 0.466 e. The maximum Gasteiger partial charge on any atom is 0.334 e. The van der Waals surface area contributed by atoms with Gasteiger partial charge in [0.15, 0.2) is 0 Å². The van der Waals surface area contributed by atoms with Crippen molar-refractivity contribution in [3.63, 3.8) is 0 Å². The number of allylic oxidation sites excluding steroid dienone is 3. The Hall–Kier alpha value is -1.05. The number of hydrogen-bond donors (Lipinski definition) is 0. The van der Waals surface area contributed by atoms with E-state index in [1.54, 1.807) is 0 Å². The van der Waals surface area contributed by atoms with E-state index in [0.29, 0.717) is 5.92 Å². The number of carbonyl (C=O) groups is 1. The summed E-state index contributed by atoms with van der Waals surface area (Å²) in [5.41, 5.74) is 1.68. The Kier molecular flexibility index (Phi) is 2.84. The zero-order valence-corrected chi connectivity index (χ0v) is 9.55. The van der Waals surface area contributed by atoms with Gasteiger partial charge in [-0.2, -0.15) is 0 Å². The lowest BCUT2D eigenvalue weighted by molar-refractivity contribution is -0.137. The van der Waals surface area contributed by atoms with Gasteiger partial charge in [-0.3, -0.25) is 0 Å². The van der Waals surface area contributed by atoms with Gasteiger partial charge in [0.1, 0.15) is 0 Å². The molecule has 0 radical (unpaired) electrons. The summed E-state index contributed by atoms with van der Waals surface area (Å²) in [7, 11) is 1.43. The molecule has 0 heterocycles. The fraction of sp³-hybridized carbons (Fsp3) is 0.583. The molecule has 0 fully saturated rings. The molecule has 0 unspecified atom stereocenters. The lowest BCUT2D eigenvalue weighted by Gasteiger charge is -2.35. The van der Waals surface area contributed by atoms with Crippen LogP contribution in [0.4, 0.5) is 0 Å². The average Bonchev–Trinajstić information content (AvgIpc) is 2.11. The summed E-state index contributed by atoms with van der Waals surface area (Å²) in [6, 6.07) is 0. The molecule has 0 aromatic rings. The summed E-state index contributed by atoms with van der Waals surface area (Å²) in [6.07, 6.45) is 4.14. The molecule has 2 heteroatoms. The van der Waals surface area contributed by atoms with E-state index in [9.17, 15) is 4.79 Å². The molecule has 0 N–H and O–H groups in total. The molecule has 0 saturated heterocycles. The lowest BCUT2D eigenvalue weighted by Crippen LogP contribution is -2.31. The molecule has 0 spiro atoms. The van der Waals surface area contributed by atoms with E-state index < -0.39 is 0 Å². The third-order valence-corrected chi connectivity index (χ3v) is 3.20. The van der Waals surface area contributed by atoms with Gasteiger partial charge in [-0.05, 0) is 18.4 Å². The second kappa shape index (κ2) is 3.60. The zero-order valence-electron chi connectivity index (χ0n) is 9.55. The highest BCUT2D eigenvalue weighted by molar-refractivity contribution is 5.91. The molecule has 1 aliphatic rings. The third kappa shape index (κ3) is 1.61. The van der Waals surface area contributed by atoms with Crippen molar-refractivity contribution >= 4 is 5.97 Å². The van der Waals surface area contributed by atoms with E-state index in [1.165, 1.54) is 7.11 Å². The molecule has 1 rings (SSSR count). The predicted molar refractivity (Wildman–Crippen MR) is 56.8 cm³/mol. The molecule has 1 aliphatic carbocycles.